The SMILES string of the molecule is CCCCCCCCCCCCNC(=O)C1C2C=CC(O2)C1C(=O)O. The van der Waals surface area contributed by atoms with Crippen LogP contribution in [-0.4, -0.2) is 35.7 Å². The van der Waals surface area contributed by atoms with Crippen molar-refractivity contribution in [1.82, 2.24) is 5.32 Å². The molecule has 2 rings (SSSR count). The molecule has 0 aromatic heterocycles. The number of ether oxygens (including phenoxy) is 1. The van der Waals surface area contributed by atoms with E-state index in [4.69, 9.17) is 4.74 Å². The van der Waals surface area contributed by atoms with Crippen molar-refractivity contribution in [3.63, 3.8) is 0 Å². The van der Waals surface area contributed by atoms with Gasteiger partial charge in [-0.15, -0.1) is 0 Å². The predicted octanol–water partition coefficient (Wildman–Crippen LogP) is 3.68. The number of carbonyl (C=O) groups excluding carboxylic acids is 1. The number of rotatable bonds is 13. The standard InChI is InChI=1S/C20H33NO4/c1-2-3-4-5-6-7-8-9-10-11-14-21-19(22)17-15-12-13-16(25-15)18(17)20(23)24/h12-13,15-18H,2-11,14H2,1H3,(H,21,22)(H,23,24). The second-order valence-electron chi connectivity index (χ2n) is 7.31. The number of aliphatic carboxylic acids is 1. The van der Waals surface area contributed by atoms with Gasteiger partial charge in [-0.25, -0.2) is 0 Å². The maximum Gasteiger partial charge on any atom is 0.310 e. The smallest absolute Gasteiger partial charge is 0.310 e. The first-order valence-electron chi connectivity index (χ1n) is 9.99. The van der Waals surface area contributed by atoms with Gasteiger partial charge in [0.15, 0.2) is 0 Å². The molecular weight excluding hydrogens is 318 g/mol. The van der Waals surface area contributed by atoms with Gasteiger partial charge < -0.3 is 15.2 Å². The molecule has 0 aliphatic carbocycles. The van der Waals surface area contributed by atoms with Crippen molar-refractivity contribution in [1.29, 1.82) is 0 Å². The van der Waals surface area contributed by atoms with E-state index in [1.807, 2.05) is 6.08 Å². The van der Waals surface area contributed by atoms with Crippen molar-refractivity contribution < 1.29 is 19.4 Å². The number of carbonyl (C=O) groups is 2. The monoisotopic (exact) mass is 351 g/mol. The molecule has 0 aromatic carbocycles. The molecule has 2 aliphatic rings. The third-order valence-corrected chi connectivity index (χ3v) is 5.32. The molecule has 1 saturated heterocycles. The number of hydrogen-bond donors (Lipinski definition) is 2. The molecule has 2 aliphatic heterocycles. The van der Waals surface area contributed by atoms with Crippen LogP contribution < -0.4 is 5.32 Å². The second kappa shape index (κ2) is 10.6. The average molecular weight is 351 g/mol. The average Bonchev–Trinajstić information content (AvgIpc) is 3.20. The fraction of sp³-hybridized carbons (Fsp3) is 0.800. The van der Waals surface area contributed by atoms with Gasteiger partial charge in [0.25, 0.3) is 0 Å². The van der Waals surface area contributed by atoms with E-state index < -0.39 is 23.9 Å². The molecule has 1 amide bonds. The highest BCUT2D eigenvalue weighted by Crippen LogP contribution is 2.39. The van der Waals surface area contributed by atoms with E-state index in [0.29, 0.717) is 6.54 Å². The summed E-state index contributed by atoms with van der Waals surface area (Å²) < 4.78 is 5.53. The maximum absolute atomic E-state index is 12.3. The lowest BCUT2D eigenvalue weighted by molar-refractivity contribution is -0.146. The fourth-order valence-corrected chi connectivity index (χ4v) is 3.86. The lowest BCUT2D eigenvalue weighted by atomic mass is 9.82. The van der Waals surface area contributed by atoms with Crippen LogP contribution in [0.5, 0.6) is 0 Å². The summed E-state index contributed by atoms with van der Waals surface area (Å²) in [6.07, 6.45) is 15.3. The van der Waals surface area contributed by atoms with Crippen LogP contribution in [0.1, 0.15) is 71.1 Å². The Balaban J connectivity index is 1.52. The summed E-state index contributed by atoms with van der Waals surface area (Å²) in [4.78, 5) is 23.7. The van der Waals surface area contributed by atoms with Crippen molar-refractivity contribution in [2.45, 2.75) is 83.3 Å². The maximum atomic E-state index is 12.3. The van der Waals surface area contributed by atoms with Gasteiger partial charge in [-0.2, -0.15) is 0 Å². The first-order chi connectivity index (χ1) is 12.1. The molecule has 0 aromatic rings. The second-order valence-corrected chi connectivity index (χ2v) is 7.31. The Bertz CT molecular complexity index is 463. The lowest BCUT2D eigenvalue weighted by Crippen LogP contribution is -2.42. The van der Waals surface area contributed by atoms with Gasteiger partial charge >= 0.3 is 5.97 Å². The molecule has 4 atom stereocenters. The third-order valence-electron chi connectivity index (χ3n) is 5.32. The number of carboxylic acid groups (broad SMARTS) is 1. The van der Waals surface area contributed by atoms with E-state index in [9.17, 15) is 14.7 Å². The summed E-state index contributed by atoms with van der Waals surface area (Å²) >= 11 is 0. The Morgan fingerprint density at radius 1 is 0.880 bits per heavy atom. The predicted molar refractivity (Wildman–Crippen MR) is 97.3 cm³/mol. The highest BCUT2D eigenvalue weighted by Gasteiger charge is 2.53. The normalized spacial score (nSPS) is 26.9. The molecule has 0 radical (unpaired) electrons. The molecule has 142 valence electrons. The first-order valence-corrected chi connectivity index (χ1v) is 9.99. The minimum Gasteiger partial charge on any atom is -0.481 e. The summed E-state index contributed by atoms with van der Waals surface area (Å²) in [6, 6.07) is 0. The number of nitrogens with one attached hydrogen (secondary N) is 1. The van der Waals surface area contributed by atoms with E-state index in [1.165, 1.54) is 51.4 Å². The lowest BCUT2D eigenvalue weighted by Gasteiger charge is -2.20. The number of amides is 1. The van der Waals surface area contributed by atoms with E-state index in [-0.39, 0.29) is 12.0 Å². The van der Waals surface area contributed by atoms with E-state index >= 15 is 0 Å². The Morgan fingerprint density at radius 3 is 1.96 bits per heavy atom. The molecule has 4 unspecified atom stereocenters. The van der Waals surface area contributed by atoms with Crippen molar-refractivity contribution in [3.8, 4) is 0 Å². The number of carboxylic acids is 1. The van der Waals surface area contributed by atoms with Crippen LogP contribution in [0.25, 0.3) is 0 Å². The summed E-state index contributed by atoms with van der Waals surface area (Å²) in [7, 11) is 0. The molecule has 2 bridgehead atoms. The number of fused-ring (bicyclic) bond motifs is 2. The Hall–Kier alpha value is -1.36. The van der Waals surface area contributed by atoms with Crippen LogP contribution in [0.2, 0.25) is 0 Å². The van der Waals surface area contributed by atoms with Crippen molar-refractivity contribution in [3.05, 3.63) is 12.2 Å². The van der Waals surface area contributed by atoms with Gasteiger partial charge in [-0.05, 0) is 6.42 Å². The molecule has 5 nitrogen and oxygen atoms in total. The molecule has 2 heterocycles. The van der Waals surface area contributed by atoms with Crippen LogP contribution in [0.4, 0.5) is 0 Å². The largest absolute Gasteiger partial charge is 0.481 e. The van der Waals surface area contributed by atoms with Crippen LogP contribution in [0, 0.1) is 11.8 Å². The highest BCUT2D eigenvalue weighted by atomic mass is 16.5. The van der Waals surface area contributed by atoms with Crippen LogP contribution in [0.15, 0.2) is 12.2 Å². The summed E-state index contributed by atoms with van der Waals surface area (Å²) in [5.74, 6) is -2.46. The Labute approximate surface area is 151 Å². The zero-order valence-corrected chi connectivity index (χ0v) is 15.4. The van der Waals surface area contributed by atoms with Crippen molar-refractivity contribution >= 4 is 11.9 Å². The summed E-state index contributed by atoms with van der Waals surface area (Å²) in [5.41, 5.74) is 0. The topological polar surface area (TPSA) is 75.6 Å². The number of unbranched alkanes of at least 4 members (excludes halogenated alkanes) is 9. The molecule has 25 heavy (non-hydrogen) atoms. The van der Waals surface area contributed by atoms with E-state index in [0.717, 1.165) is 12.8 Å². The van der Waals surface area contributed by atoms with E-state index in [2.05, 4.69) is 12.2 Å². The van der Waals surface area contributed by atoms with Gasteiger partial charge in [0.05, 0.1) is 18.1 Å². The van der Waals surface area contributed by atoms with Gasteiger partial charge in [-0.1, -0.05) is 76.9 Å². The van der Waals surface area contributed by atoms with E-state index in [1.54, 1.807) is 6.08 Å². The van der Waals surface area contributed by atoms with Gasteiger partial charge in [0.1, 0.15) is 5.92 Å². The quantitative estimate of drug-likeness (QED) is 0.392. The third kappa shape index (κ3) is 5.84. The molecule has 0 saturated carbocycles. The highest BCUT2D eigenvalue weighted by molar-refractivity contribution is 5.87. The van der Waals surface area contributed by atoms with Gasteiger partial charge in [0.2, 0.25) is 5.91 Å². The summed E-state index contributed by atoms with van der Waals surface area (Å²) in [6.45, 7) is 2.86. The Kier molecular flexibility index (Phi) is 8.45. The first kappa shape index (κ1) is 20.0. The molecule has 2 N–H and O–H groups in total. The van der Waals surface area contributed by atoms with Gasteiger partial charge in [-0.3, -0.25) is 9.59 Å². The molecule has 1 fully saturated rings. The summed E-state index contributed by atoms with van der Waals surface area (Å²) in [5, 5.41) is 12.2. The van der Waals surface area contributed by atoms with Crippen molar-refractivity contribution in [2.75, 3.05) is 6.54 Å². The molecule has 5 heteroatoms. The zero-order chi connectivity index (χ0) is 18.1. The Morgan fingerprint density at radius 2 is 1.40 bits per heavy atom. The van der Waals surface area contributed by atoms with Crippen LogP contribution in [0.3, 0.4) is 0 Å². The fourth-order valence-electron chi connectivity index (χ4n) is 3.86. The minimum absolute atomic E-state index is 0.180. The van der Waals surface area contributed by atoms with Gasteiger partial charge in [0, 0.05) is 6.54 Å². The minimum atomic E-state index is -0.948. The van der Waals surface area contributed by atoms with Crippen LogP contribution >= 0.6 is 0 Å². The molecular formula is C20H33NO4. The van der Waals surface area contributed by atoms with Crippen molar-refractivity contribution in [2.24, 2.45) is 11.8 Å². The molecule has 0 spiro atoms. The number of hydrogen-bond acceptors (Lipinski definition) is 3. The zero-order valence-electron chi connectivity index (χ0n) is 15.4. The van der Waals surface area contributed by atoms with Crippen LogP contribution in [-0.2, 0) is 14.3 Å².